The summed E-state index contributed by atoms with van der Waals surface area (Å²) in [6.45, 7) is 0. The van der Waals surface area contributed by atoms with Gasteiger partial charge >= 0.3 is 20.4 Å². The summed E-state index contributed by atoms with van der Waals surface area (Å²) in [5.74, 6) is 1.84. The van der Waals surface area contributed by atoms with Crippen LogP contribution >= 0.6 is 7.92 Å². The first-order valence-corrected chi connectivity index (χ1v) is 17.3. The van der Waals surface area contributed by atoms with Gasteiger partial charge in [-0.1, -0.05) is 61.4 Å². The Labute approximate surface area is 286 Å². The van der Waals surface area contributed by atoms with Crippen LogP contribution in [0, 0.1) is 6.07 Å². The molecule has 0 bridgehead atoms. The number of benzene rings is 4. The van der Waals surface area contributed by atoms with E-state index in [1.807, 2.05) is 48.5 Å². The van der Waals surface area contributed by atoms with Crippen LogP contribution in [-0.2, 0) is 20.4 Å². The summed E-state index contributed by atoms with van der Waals surface area (Å²) in [6, 6.07) is 33.7. The molecule has 1 N–H and O–H groups in total. The van der Waals surface area contributed by atoms with Crippen LogP contribution in [0.1, 0.15) is 64.2 Å². The van der Waals surface area contributed by atoms with Crippen LogP contribution in [0.2, 0.25) is 0 Å². The molecule has 0 spiro atoms. The Balaban J connectivity index is 0.000000297. The molecule has 0 unspecified atom stereocenters. The minimum Gasteiger partial charge on any atom is -1.00 e. The van der Waals surface area contributed by atoms with Crippen LogP contribution in [0.4, 0.5) is 5.69 Å². The van der Waals surface area contributed by atoms with Gasteiger partial charge in [0.2, 0.25) is 0 Å². The molecule has 44 heavy (non-hydrogen) atoms. The van der Waals surface area contributed by atoms with Gasteiger partial charge in [0.1, 0.15) is 16.8 Å². The van der Waals surface area contributed by atoms with Crippen molar-refractivity contribution in [3.05, 3.63) is 103 Å². The van der Waals surface area contributed by atoms with Crippen molar-refractivity contribution in [3.8, 4) is 33.8 Å². The number of rotatable bonds is 7. The molecule has 2 saturated carbocycles. The minimum absolute atomic E-state index is 0. The summed E-state index contributed by atoms with van der Waals surface area (Å²) < 4.78 is 11.6. The molecular formula is C38H45ClNO2PPd. The molecule has 0 radical (unpaired) electrons. The summed E-state index contributed by atoms with van der Waals surface area (Å²) in [5.41, 5.74) is 14.5. The predicted octanol–water partition coefficient (Wildman–Crippen LogP) is 7.71. The second kappa shape index (κ2) is 18.6. The first kappa shape index (κ1) is 36.1. The number of halogens is 1. The number of hydrogen-bond donors (Lipinski definition) is 0. The van der Waals surface area contributed by atoms with Crippen LogP contribution in [0.3, 0.4) is 0 Å². The standard InChI is InChI=1S/C26H35O2P.C12H9N.ClH.Pd/c1-27-23-17-11-18-24(28-2)26(23)22-16-9-10-19-25(22)29(20-12-5-3-6-13-20)21-14-7-4-8-15-21;13-12-9-5-4-8-11(12)10-6-2-1-3-7-10;;/h9-11,16-21H,3-8,12-15H2,1-2H3;1-6,8-9,13H;1H;/q;-2;;+2. The fourth-order valence-corrected chi connectivity index (χ4v) is 11.4. The van der Waals surface area contributed by atoms with Crippen LogP contribution < -0.4 is 27.2 Å². The van der Waals surface area contributed by atoms with E-state index in [9.17, 15) is 0 Å². The Bertz CT molecular complexity index is 1370. The van der Waals surface area contributed by atoms with E-state index in [1.54, 1.807) is 25.6 Å². The molecule has 3 nitrogen and oxygen atoms in total. The van der Waals surface area contributed by atoms with E-state index in [2.05, 4.69) is 42.5 Å². The molecule has 0 saturated heterocycles. The molecule has 2 aliphatic carbocycles. The van der Waals surface area contributed by atoms with Gasteiger partial charge in [0, 0.05) is 13.5 Å². The van der Waals surface area contributed by atoms with Crippen molar-refractivity contribution in [2.24, 2.45) is 0 Å². The molecule has 0 heterocycles. The van der Waals surface area contributed by atoms with Gasteiger partial charge in [-0.15, -0.1) is 41.5 Å². The maximum absolute atomic E-state index is 7.69. The molecule has 0 aliphatic heterocycles. The van der Waals surface area contributed by atoms with Crippen molar-refractivity contribution in [2.75, 3.05) is 14.2 Å². The smallest absolute Gasteiger partial charge is 1.00 e. The molecule has 2 aliphatic rings. The van der Waals surface area contributed by atoms with Gasteiger partial charge in [0.15, 0.2) is 0 Å². The van der Waals surface area contributed by atoms with Crippen LogP contribution in [0.15, 0.2) is 91.0 Å². The SMILES string of the molecule is COc1cccc(OC)c1-c1ccccc1[PH+](C1CCCCC1)C1CCCCC1.[Cl-].[NH-]c1ccccc1-c1[c-]cccc1.[Pd+2]. The Morgan fingerprint density at radius 1 is 0.636 bits per heavy atom. The summed E-state index contributed by atoms with van der Waals surface area (Å²) in [7, 11) is 2.89. The van der Waals surface area contributed by atoms with Gasteiger partial charge in [-0.2, -0.15) is 5.69 Å². The molecule has 236 valence electrons. The van der Waals surface area contributed by atoms with E-state index < -0.39 is 7.92 Å². The van der Waals surface area contributed by atoms with Crippen molar-refractivity contribution >= 4 is 18.9 Å². The van der Waals surface area contributed by atoms with Crippen LogP contribution in [-0.4, -0.2) is 25.5 Å². The third-order valence-electron chi connectivity index (χ3n) is 8.95. The van der Waals surface area contributed by atoms with Crippen molar-refractivity contribution in [1.29, 1.82) is 0 Å². The Morgan fingerprint density at radius 3 is 1.68 bits per heavy atom. The van der Waals surface area contributed by atoms with Crippen molar-refractivity contribution in [3.63, 3.8) is 0 Å². The molecule has 0 amide bonds. The van der Waals surface area contributed by atoms with Crippen molar-refractivity contribution in [2.45, 2.75) is 75.5 Å². The van der Waals surface area contributed by atoms with Crippen molar-refractivity contribution in [1.82, 2.24) is 0 Å². The largest absolute Gasteiger partial charge is 2.00 e. The zero-order valence-corrected chi connectivity index (χ0v) is 29.2. The average molecular weight is 721 g/mol. The number of hydrogen-bond acceptors (Lipinski definition) is 2. The Kier molecular flexibility index (Phi) is 15.3. The zero-order valence-electron chi connectivity index (χ0n) is 25.9. The molecular weight excluding hydrogens is 675 g/mol. The van der Waals surface area contributed by atoms with Gasteiger partial charge in [0.25, 0.3) is 0 Å². The van der Waals surface area contributed by atoms with E-state index in [0.717, 1.165) is 39.5 Å². The summed E-state index contributed by atoms with van der Waals surface area (Å²) >= 11 is 0. The maximum Gasteiger partial charge on any atom is 2.00 e. The first-order chi connectivity index (χ1) is 20.7. The van der Waals surface area contributed by atoms with Crippen molar-refractivity contribution < 1.29 is 42.3 Å². The van der Waals surface area contributed by atoms with E-state index >= 15 is 0 Å². The monoisotopic (exact) mass is 719 g/mol. The van der Waals surface area contributed by atoms with Crippen LogP contribution in [0.25, 0.3) is 28.0 Å². The third kappa shape index (κ3) is 8.89. The van der Waals surface area contributed by atoms with Gasteiger partial charge < -0.3 is 27.6 Å². The molecule has 4 aromatic rings. The van der Waals surface area contributed by atoms with Gasteiger partial charge in [-0.3, -0.25) is 0 Å². The topological polar surface area (TPSA) is 42.3 Å². The molecule has 2 fully saturated rings. The fraction of sp³-hybridized carbons (Fsp3) is 0.368. The Hall–Kier alpha value is -2.34. The first-order valence-electron chi connectivity index (χ1n) is 15.7. The average Bonchev–Trinajstić information content (AvgIpc) is 3.07. The summed E-state index contributed by atoms with van der Waals surface area (Å²) in [4.78, 5) is 0. The second-order valence-corrected chi connectivity index (χ2v) is 14.6. The summed E-state index contributed by atoms with van der Waals surface area (Å²) in [6.07, 6.45) is 14.3. The molecule has 6 rings (SSSR count). The normalized spacial score (nSPS) is 15.2. The molecule has 4 aromatic carbocycles. The number of ether oxygens (including phenoxy) is 2. The summed E-state index contributed by atoms with van der Waals surface area (Å²) in [5, 5.41) is 1.62. The van der Waals surface area contributed by atoms with E-state index in [-0.39, 0.29) is 32.8 Å². The number of nitrogens with one attached hydrogen (secondary N) is 1. The fourth-order valence-electron chi connectivity index (χ4n) is 6.95. The van der Waals surface area contributed by atoms with Gasteiger partial charge in [0.05, 0.1) is 31.1 Å². The second-order valence-electron chi connectivity index (χ2n) is 11.5. The Morgan fingerprint density at radius 2 is 1.16 bits per heavy atom. The minimum atomic E-state index is -0.660. The van der Waals surface area contributed by atoms with E-state index in [1.165, 1.54) is 69.8 Å². The molecule has 0 aromatic heterocycles. The zero-order chi connectivity index (χ0) is 29.1. The molecule has 6 heteroatoms. The maximum atomic E-state index is 7.69. The van der Waals surface area contributed by atoms with Gasteiger partial charge in [-0.25, -0.2) is 0 Å². The van der Waals surface area contributed by atoms with Gasteiger partial charge in [-0.05, 0) is 69.6 Å². The van der Waals surface area contributed by atoms with E-state index in [0.29, 0.717) is 5.69 Å². The quantitative estimate of drug-likeness (QED) is 0.112. The third-order valence-corrected chi connectivity index (χ3v) is 12.9. The van der Waals surface area contributed by atoms with Crippen LogP contribution in [0.5, 0.6) is 11.5 Å². The molecule has 0 atom stereocenters. The number of methoxy groups -OCH3 is 2. The predicted molar refractivity (Wildman–Crippen MR) is 181 cm³/mol. The van der Waals surface area contributed by atoms with E-state index in [4.69, 9.17) is 15.2 Å².